The van der Waals surface area contributed by atoms with E-state index in [1.165, 1.54) is 11.1 Å². The van der Waals surface area contributed by atoms with Gasteiger partial charge in [0.15, 0.2) is 11.5 Å². The van der Waals surface area contributed by atoms with E-state index in [-0.39, 0.29) is 23.3 Å². The molecule has 6 heteroatoms. The van der Waals surface area contributed by atoms with Gasteiger partial charge in [-0.2, -0.15) is 0 Å². The summed E-state index contributed by atoms with van der Waals surface area (Å²) in [5.41, 5.74) is 3.69. The third kappa shape index (κ3) is 1.69. The van der Waals surface area contributed by atoms with Gasteiger partial charge in [-0.05, 0) is 43.0 Å². The minimum absolute atomic E-state index is 0.0356. The summed E-state index contributed by atoms with van der Waals surface area (Å²) in [6, 6.07) is 4.72. The molecule has 1 aromatic carbocycles. The minimum Gasteiger partial charge on any atom is -0.493 e. The quantitative estimate of drug-likeness (QED) is 0.723. The number of amides is 1. The predicted molar refractivity (Wildman–Crippen MR) is 106 cm³/mol. The van der Waals surface area contributed by atoms with Gasteiger partial charge in [0.25, 0.3) is 5.91 Å². The van der Waals surface area contributed by atoms with Crippen LogP contribution in [0.2, 0.25) is 0 Å². The first kappa shape index (κ1) is 16.3. The topological polar surface area (TPSA) is 51.2 Å². The Balaban J connectivity index is 1.55. The molecular formula is C23H24N2O4. The largest absolute Gasteiger partial charge is 0.493 e. The second kappa shape index (κ2) is 5.17. The molecule has 1 saturated carbocycles. The standard InChI is InChI=1S/C23H24N2O4/c1-27-16-8-14-15(9-17(16)28-2)25-20(26)10-18-21-13-7-19-23(14,22(21)25)4-5-24(19)11-12(13)3-6-29-18/h3,8-10,13,19,21-22H,4-7,11H2,1-2H3/t13-,19-,21-,22-,23+/m0/s1. The van der Waals surface area contributed by atoms with Crippen molar-refractivity contribution in [3.05, 3.63) is 41.2 Å². The zero-order valence-electron chi connectivity index (χ0n) is 16.7. The number of anilines is 1. The predicted octanol–water partition coefficient (Wildman–Crippen LogP) is 2.23. The maximum absolute atomic E-state index is 13.4. The van der Waals surface area contributed by atoms with E-state index in [1.54, 1.807) is 20.3 Å². The van der Waals surface area contributed by atoms with Gasteiger partial charge in [-0.1, -0.05) is 5.57 Å². The SMILES string of the molecule is COc1cc2c(cc1OC)[C@@]13CCN4CC5=CCOC6=CC(=O)N2[C@H]1[C@H]6[C@H]5C[C@H]43. The second-order valence-electron chi connectivity index (χ2n) is 9.16. The van der Waals surface area contributed by atoms with Crippen molar-refractivity contribution < 1.29 is 19.0 Å². The highest BCUT2D eigenvalue weighted by atomic mass is 16.5. The van der Waals surface area contributed by atoms with Gasteiger partial charge in [0.1, 0.15) is 12.4 Å². The maximum atomic E-state index is 13.4. The number of carbonyl (C=O) groups is 1. The van der Waals surface area contributed by atoms with Crippen molar-refractivity contribution in [3.8, 4) is 11.5 Å². The van der Waals surface area contributed by atoms with Crippen molar-refractivity contribution >= 4 is 11.6 Å². The van der Waals surface area contributed by atoms with Crippen molar-refractivity contribution in [1.29, 1.82) is 0 Å². The summed E-state index contributed by atoms with van der Waals surface area (Å²) >= 11 is 0. The molecule has 3 fully saturated rings. The molecule has 1 aromatic rings. The van der Waals surface area contributed by atoms with E-state index in [9.17, 15) is 4.79 Å². The fourth-order valence-electron chi connectivity index (χ4n) is 7.48. The molecule has 1 spiro atoms. The number of nitrogens with zero attached hydrogens (tertiary/aromatic N) is 2. The van der Waals surface area contributed by atoms with Crippen molar-refractivity contribution in [1.82, 2.24) is 4.90 Å². The Labute approximate surface area is 169 Å². The van der Waals surface area contributed by atoms with Crippen molar-refractivity contribution in [2.45, 2.75) is 30.3 Å². The number of hydrogen-bond acceptors (Lipinski definition) is 5. The molecule has 1 amide bonds. The van der Waals surface area contributed by atoms with Crippen LogP contribution in [0.3, 0.4) is 0 Å². The van der Waals surface area contributed by atoms with Gasteiger partial charge in [-0.15, -0.1) is 0 Å². The normalized spacial score (nSPS) is 38.0. The highest BCUT2D eigenvalue weighted by molar-refractivity contribution is 6.06. The van der Waals surface area contributed by atoms with Gasteiger partial charge in [-0.25, -0.2) is 0 Å². The van der Waals surface area contributed by atoms with Crippen molar-refractivity contribution in [2.24, 2.45) is 11.8 Å². The molecule has 2 saturated heterocycles. The van der Waals surface area contributed by atoms with Gasteiger partial charge < -0.3 is 19.1 Å². The fraction of sp³-hybridized carbons (Fsp3) is 0.522. The summed E-state index contributed by atoms with van der Waals surface area (Å²) in [5, 5.41) is 0. The van der Waals surface area contributed by atoms with Gasteiger partial charge >= 0.3 is 0 Å². The molecule has 5 heterocycles. The Morgan fingerprint density at radius 2 is 2.03 bits per heavy atom. The van der Waals surface area contributed by atoms with E-state index in [0.717, 1.165) is 43.1 Å². The highest BCUT2D eigenvalue weighted by Crippen LogP contribution is 2.66. The Morgan fingerprint density at radius 3 is 2.86 bits per heavy atom. The van der Waals surface area contributed by atoms with Crippen LogP contribution in [-0.2, 0) is 14.9 Å². The van der Waals surface area contributed by atoms with E-state index in [0.29, 0.717) is 24.3 Å². The minimum atomic E-state index is -0.0650. The average Bonchev–Trinajstić information content (AvgIpc) is 3.20. The number of ether oxygens (including phenoxy) is 3. The molecule has 150 valence electrons. The lowest BCUT2D eigenvalue weighted by atomic mass is 9.54. The van der Waals surface area contributed by atoms with Gasteiger partial charge in [0.05, 0.1) is 25.9 Å². The molecule has 5 aliphatic heterocycles. The Hall–Kier alpha value is -2.47. The van der Waals surface area contributed by atoms with E-state index in [4.69, 9.17) is 14.2 Å². The summed E-state index contributed by atoms with van der Waals surface area (Å²) in [4.78, 5) is 18.1. The van der Waals surface area contributed by atoms with Crippen LogP contribution in [0.4, 0.5) is 5.69 Å². The molecule has 7 rings (SSSR count). The Bertz CT molecular complexity index is 1030. The van der Waals surface area contributed by atoms with Crippen LogP contribution in [0.25, 0.3) is 0 Å². The third-order valence-electron chi connectivity index (χ3n) is 8.46. The lowest BCUT2D eigenvalue weighted by Gasteiger charge is -2.56. The Kier molecular flexibility index (Phi) is 2.91. The van der Waals surface area contributed by atoms with Crippen molar-refractivity contribution in [2.75, 3.05) is 38.8 Å². The summed E-state index contributed by atoms with van der Waals surface area (Å²) in [6.45, 7) is 2.69. The van der Waals surface area contributed by atoms with Crippen LogP contribution in [0, 0.1) is 11.8 Å². The fourth-order valence-corrected chi connectivity index (χ4v) is 7.48. The molecule has 2 bridgehead atoms. The van der Waals surface area contributed by atoms with Crippen LogP contribution in [0.1, 0.15) is 18.4 Å². The van der Waals surface area contributed by atoms with E-state index in [1.807, 2.05) is 6.07 Å². The maximum Gasteiger partial charge on any atom is 0.254 e. The van der Waals surface area contributed by atoms with Crippen molar-refractivity contribution in [3.63, 3.8) is 0 Å². The third-order valence-corrected chi connectivity index (χ3v) is 8.46. The van der Waals surface area contributed by atoms with Gasteiger partial charge in [0.2, 0.25) is 0 Å². The summed E-state index contributed by atoms with van der Waals surface area (Å²) in [7, 11) is 3.34. The molecule has 1 aliphatic carbocycles. The first-order chi connectivity index (χ1) is 14.2. The van der Waals surface area contributed by atoms with Gasteiger partial charge in [-0.3, -0.25) is 9.69 Å². The van der Waals surface area contributed by atoms with E-state index >= 15 is 0 Å². The molecule has 0 radical (unpaired) electrons. The van der Waals surface area contributed by atoms with E-state index < -0.39 is 0 Å². The first-order valence-corrected chi connectivity index (χ1v) is 10.5. The monoisotopic (exact) mass is 392 g/mol. The van der Waals surface area contributed by atoms with Crippen LogP contribution < -0.4 is 14.4 Å². The number of methoxy groups -OCH3 is 2. The molecular weight excluding hydrogens is 368 g/mol. The summed E-state index contributed by atoms with van der Waals surface area (Å²) in [5.74, 6) is 3.07. The first-order valence-electron chi connectivity index (χ1n) is 10.5. The summed E-state index contributed by atoms with van der Waals surface area (Å²) < 4.78 is 17.4. The van der Waals surface area contributed by atoms with Gasteiger partial charge in [0, 0.05) is 36.1 Å². The molecule has 0 aromatic heterocycles. The highest BCUT2D eigenvalue weighted by Gasteiger charge is 2.70. The number of benzene rings is 1. The second-order valence-corrected chi connectivity index (χ2v) is 9.16. The molecule has 0 N–H and O–H groups in total. The van der Waals surface area contributed by atoms with Crippen LogP contribution in [0.15, 0.2) is 35.6 Å². The molecule has 29 heavy (non-hydrogen) atoms. The Morgan fingerprint density at radius 1 is 1.21 bits per heavy atom. The van der Waals surface area contributed by atoms with E-state index in [2.05, 4.69) is 21.9 Å². The zero-order valence-corrected chi connectivity index (χ0v) is 16.7. The van der Waals surface area contributed by atoms with Crippen LogP contribution in [-0.4, -0.2) is 56.8 Å². The molecule has 6 nitrogen and oxygen atoms in total. The molecule has 0 unspecified atom stereocenters. The average molecular weight is 392 g/mol. The summed E-state index contributed by atoms with van der Waals surface area (Å²) in [6.07, 6.45) is 6.23. The molecule has 5 atom stereocenters. The number of fused-ring (bicyclic) bond motifs is 2. The zero-order chi connectivity index (χ0) is 19.5. The number of rotatable bonds is 2. The lowest BCUT2D eigenvalue weighted by Crippen LogP contribution is -2.66. The van der Waals surface area contributed by atoms with Crippen LogP contribution in [0.5, 0.6) is 11.5 Å². The van der Waals surface area contributed by atoms with Crippen LogP contribution >= 0.6 is 0 Å². The number of carbonyl (C=O) groups excluding carboxylic acids is 1. The molecule has 6 aliphatic rings. The smallest absolute Gasteiger partial charge is 0.254 e. The lowest BCUT2D eigenvalue weighted by molar-refractivity contribution is -0.117. The number of piperidine rings is 1. The number of hydrogen-bond donors (Lipinski definition) is 0.